The van der Waals surface area contributed by atoms with E-state index >= 15 is 0 Å². The molecule has 0 saturated heterocycles. The molecule has 0 atom stereocenters. The minimum absolute atomic E-state index is 0.141. The number of aryl methyl sites for hydroxylation is 4. The van der Waals surface area contributed by atoms with E-state index in [9.17, 15) is 0 Å². The van der Waals surface area contributed by atoms with Gasteiger partial charge in [-0.1, -0.05) is 211 Å². The first-order valence-electron chi connectivity index (χ1n) is 30.8. The van der Waals surface area contributed by atoms with Crippen LogP contribution < -0.4 is 9.80 Å². The number of furan rings is 2. The van der Waals surface area contributed by atoms with Crippen molar-refractivity contribution in [3.63, 3.8) is 0 Å². The van der Waals surface area contributed by atoms with Gasteiger partial charge in [-0.05, 0) is 178 Å². The molecule has 87 heavy (non-hydrogen) atoms. The van der Waals surface area contributed by atoms with Crippen molar-refractivity contribution in [2.75, 3.05) is 9.80 Å². The zero-order valence-corrected chi connectivity index (χ0v) is 52.0. The second-order valence-electron chi connectivity index (χ2n) is 26.7. The lowest BCUT2D eigenvalue weighted by molar-refractivity contribution is 0.572. The van der Waals surface area contributed by atoms with Gasteiger partial charge in [-0.25, -0.2) is 0 Å². The highest BCUT2D eigenvalue weighted by atomic mass is 16.3. The molecule has 0 fully saturated rings. The molecule has 1 aliphatic rings. The molecule has 0 radical (unpaired) electrons. The fraction of sp³-hybridized carbons (Fsp3) is 0.181. The van der Waals surface area contributed by atoms with Crippen LogP contribution in [0.5, 0.6) is 0 Å². The van der Waals surface area contributed by atoms with E-state index in [1.807, 2.05) is 0 Å². The molecular weight excluding hydrogens is 1060 g/mol. The van der Waals surface area contributed by atoms with Gasteiger partial charge in [-0.2, -0.15) is 0 Å². The predicted molar refractivity (Wildman–Crippen MR) is 369 cm³/mol. The quantitative estimate of drug-likeness (QED) is 0.152. The summed E-state index contributed by atoms with van der Waals surface area (Å²) in [6.45, 7) is 27.1. The number of anilines is 6. The first-order chi connectivity index (χ1) is 41.9. The number of benzene rings is 12. The van der Waals surface area contributed by atoms with E-state index in [2.05, 4.69) is 311 Å². The molecule has 4 heteroatoms. The molecule has 14 aromatic rings. The van der Waals surface area contributed by atoms with Crippen molar-refractivity contribution < 1.29 is 8.83 Å². The van der Waals surface area contributed by atoms with E-state index in [-0.39, 0.29) is 10.8 Å². The summed E-state index contributed by atoms with van der Waals surface area (Å²) in [7, 11) is 0. The van der Waals surface area contributed by atoms with Crippen molar-refractivity contribution >= 4 is 99.5 Å². The van der Waals surface area contributed by atoms with Crippen LogP contribution >= 0.6 is 0 Å². The lowest BCUT2D eigenvalue weighted by Crippen LogP contribution is -2.29. The zero-order valence-electron chi connectivity index (χ0n) is 52.0. The Kier molecular flexibility index (Phi) is 12.2. The van der Waals surface area contributed by atoms with Gasteiger partial charge in [0.2, 0.25) is 0 Å². The normalized spacial score (nSPS) is 13.1. The topological polar surface area (TPSA) is 32.8 Å². The number of rotatable bonds is 8. The van der Waals surface area contributed by atoms with Gasteiger partial charge in [-0.3, -0.25) is 0 Å². The number of nitrogens with zero attached hydrogens (tertiary/aromatic N) is 2. The lowest BCUT2D eigenvalue weighted by Gasteiger charge is -2.36. The summed E-state index contributed by atoms with van der Waals surface area (Å²) < 4.78 is 14.7. The Hall–Kier alpha value is -9.64. The largest absolute Gasteiger partial charge is 0.454 e. The summed E-state index contributed by atoms with van der Waals surface area (Å²) in [4.78, 5) is 5.03. The Bertz CT molecular complexity index is 4770. The zero-order chi connectivity index (χ0) is 60.0. The van der Waals surface area contributed by atoms with Crippen LogP contribution in [0.25, 0.3) is 76.5 Å². The summed E-state index contributed by atoms with van der Waals surface area (Å²) in [5, 5.41) is 9.07. The van der Waals surface area contributed by atoms with Crippen LogP contribution in [0.15, 0.2) is 227 Å². The number of para-hydroxylation sites is 4. The molecule has 4 nitrogen and oxygen atoms in total. The van der Waals surface area contributed by atoms with Crippen LogP contribution in [0.1, 0.15) is 108 Å². The monoisotopic (exact) mass is 1130 g/mol. The van der Waals surface area contributed by atoms with Crippen LogP contribution in [0.4, 0.5) is 34.1 Å². The van der Waals surface area contributed by atoms with Gasteiger partial charge >= 0.3 is 0 Å². The Labute approximate surface area is 510 Å². The third-order valence-corrected chi connectivity index (χ3v) is 19.4. The molecule has 0 saturated carbocycles. The first kappa shape index (κ1) is 54.0. The molecule has 1 aliphatic carbocycles. The summed E-state index contributed by atoms with van der Waals surface area (Å²) >= 11 is 0. The number of fused-ring (bicyclic) bond motifs is 13. The molecular formula is C83H72N2O2. The molecule has 2 aromatic heterocycles. The average Bonchev–Trinajstić information content (AvgIpc) is 1.55. The van der Waals surface area contributed by atoms with Gasteiger partial charge in [0.15, 0.2) is 11.2 Å². The van der Waals surface area contributed by atoms with Crippen molar-refractivity contribution in [3.05, 3.63) is 285 Å². The van der Waals surface area contributed by atoms with E-state index < -0.39 is 5.41 Å². The Balaban J connectivity index is 1.10. The maximum absolute atomic E-state index is 7.37. The second-order valence-corrected chi connectivity index (χ2v) is 26.7. The first-order valence-corrected chi connectivity index (χ1v) is 30.8. The maximum Gasteiger partial charge on any atom is 0.159 e. The van der Waals surface area contributed by atoms with Gasteiger partial charge in [0, 0.05) is 54.8 Å². The molecule has 0 aliphatic heterocycles. The lowest BCUT2D eigenvalue weighted by atomic mass is 9.67. The van der Waals surface area contributed by atoms with E-state index in [0.717, 1.165) is 88.8 Å². The van der Waals surface area contributed by atoms with Crippen LogP contribution in [-0.4, -0.2) is 0 Å². The fourth-order valence-corrected chi connectivity index (χ4v) is 14.8. The van der Waals surface area contributed by atoms with Gasteiger partial charge < -0.3 is 18.6 Å². The van der Waals surface area contributed by atoms with Gasteiger partial charge in [0.25, 0.3) is 0 Å². The molecule has 426 valence electrons. The van der Waals surface area contributed by atoms with Crippen LogP contribution in [0.3, 0.4) is 0 Å². The molecule has 0 unspecified atom stereocenters. The van der Waals surface area contributed by atoms with Crippen LogP contribution in [0, 0.1) is 41.5 Å². The SMILES string of the molecule is Cc1cc(N(c2cc3c(c4ccccc24)-c2c(cc(N(c4cc(C)c(C)c(C)c4)c4cccc5c4oc4c(C(C)(C)C)cccc45)c4ccccc24)C3(c2ccccc2)c2ccccc2)c2cccc3c2oc2c(C(C)(C)C)cccc23)cc(C)c1C. The summed E-state index contributed by atoms with van der Waals surface area (Å²) in [6.07, 6.45) is 0. The predicted octanol–water partition coefficient (Wildman–Crippen LogP) is 23.5. The highest BCUT2D eigenvalue weighted by molar-refractivity contribution is 6.20. The van der Waals surface area contributed by atoms with Crippen molar-refractivity contribution in [1.82, 2.24) is 0 Å². The molecule has 0 spiro atoms. The minimum atomic E-state index is -0.847. The Morgan fingerprint density at radius 1 is 0.299 bits per heavy atom. The van der Waals surface area contributed by atoms with E-state index in [4.69, 9.17) is 8.83 Å². The van der Waals surface area contributed by atoms with E-state index in [1.165, 1.54) is 88.7 Å². The van der Waals surface area contributed by atoms with Crippen molar-refractivity contribution in [1.29, 1.82) is 0 Å². The van der Waals surface area contributed by atoms with E-state index in [0.29, 0.717) is 0 Å². The van der Waals surface area contributed by atoms with Gasteiger partial charge in [-0.15, -0.1) is 0 Å². The summed E-state index contributed by atoms with van der Waals surface area (Å²) in [6, 6.07) is 82.2. The third-order valence-electron chi connectivity index (χ3n) is 19.4. The van der Waals surface area contributed by atoms with Crippen molar-refractivity contribution in [2.45, 2.75) is 99.3 Å². The molecule has 0 bridgehead atoms. The van der Waals surface area contributed by atoms with E-state index in [1.54, 1.807) is 0 Å². The highest BCUT2D eigenvalue weighted by Crippen LogP contribution is 2.63. The molecule has 12 aromatic carbocycles. The van der Waals surface area contributed by atoms with Gasteiger partial charge in [0.05, 0.1) is 28.2 Å². The summed E-state index contributed by atoms with van der Waals surface area (Å²) in [5.74, 6) is 0. The number of hydrogen-bond acceptors (Lipinski definition) is 4. The Morgan fingerprint density at radius 2 is 0.609 bits per heavy atom. The summed E-state index contributed by atoms with van der Waals surface area (Å²) in [5.41, 5.74) is 25.9. The third kappa shape index (κ3) is 8.10. The maximum atomic E-state index is 7.37. The standard InChI is InChI=1S/C83H72N2O2/c1-49-43-57(44-50(2)53(49)5)84(71-41-25-37-65-63-35-23-39-67(81(7,8)9)77(63)86-79(65)71)73-47-69-75(61-33-21-19-31-59(61)73)76-62-34-22-20-32-60(62)74(48-70(76)83(69,55-27-15-13-16-28-55)56-29-17-14-18-30-56)85(58-45-51(3)54(6)52(4)46-58)72-42-26-38-66-64-36-24-40-68(82(10,11)12)78(64)87-80(66)72/h13-48H,1-12H3. The highest BCUT2D eigenvalue weighted by Gasteiger charge is 2.49. The van der Waals surface area contributed by atoms with Crippen molar-refractivity contribution in [3.8, 4) is 11.1 Å². The number of hydrogen-bond donors (Lipinski definition) is 0. The molecule has 15 rings (SSSR count). The van der Waals surface area contributed by atoms with Crippen LogP contribution in [-0.2, 0) is 16.2 Å². The fourth-order valence-electron chi connectivity index (χ4n) is 14.8. The smallest absolute Gasteiger partial charge is 0.159 e. The molecule has 0 N–H and O–H groups in total. The molecule has 0 amide bonds. The average molecular weight is 1130 g/mol. The second kappa shape index (κ2) is 19.7. The van der Waals surface area contributed by atoms with Gasteiger partial charge in [0.1, 0.15) is 11.2 Å². The van der Waals surface area contributed by atoms with Crippen molar-refractivity contribution in [2.24, 2.45) is 0 Å². The minimum Gasteiger partial charge on any atom is -0.454 e. The van der Waals surface area contributed by atoms with Crippen LogP contribution in [0.2, 0.25) is 0 Å². The molecule has 2 heterocycles. The Morgan fingerprint density at radius 3 is 0.966 bits per heavy atom.